The third kappa shape index (κ3) is 23.9. The minimum Gasteiger partial charge on any atom is -0.501 e. The number of fused-ring (bicyclic) bond motifs is 6. The average Bonchev–Trinajstić information content (AvgIpc) is 1.62. The number of furan rings is 1. The van der Waals surface area contributed by atoms with Crippen molar-refractivity contribution in [3.8, 4) is 101 Å². The second-order valence-electron chi connectivity index (χ2n) is 26.4. The van der Waals surface area contributed by atoms with Crippen molar-refractivity contribution in [2.75, 3.05) is 0 Å². The maximum Gasteiger partial charge on any atom is 0.120 e. The first kappa shape index (κ1) is 88.5. The molecular formula is C105H76Ir4N7OS-7. The second kappa shape index (κ2) is 45.6. The fourth-order valence-electron chi connectivity index (χ4n) is 12.6. The zero-order valence-corrected chi connectivity index (χ0v) is 75.1. The summed E-state index contributed by atoms with van der Waals surface area (Å²) in [5, 5.41) is 4.84. The predicted molar refractivity (Wildman–Crippen MR) is 470 cm³/mol. The van der Waals surface area contributed by atoms with Gasteiger partial charge in [-0.2, -0.15) is 11.3 Å². The first-order valence-corrected chi connectivity index (χ1v) is 38.2. The molecule has 0 aliphatic heterocycles. The number of hydrogen-bond acceptors (Lipinski definition) is 9. The minimum absolute atomic E-state index is 0. The Kier molecular flexibility index (Phi) is 34.1. The van der Waals surface area contributed by atoms with E-state index in [1.807, 2.05) is 304 Å². The first-order valence-electron chi connectivity index (χ1n) is 37.4. The van der Waals surface area contributed by atoms with E-state index in [-0.39, 0.29) is 80.4 Å². The van der Waals surface area contributed by atoms with Crippen LogP contribution in [0, 0.1) is 70.2 Å². The third-order valence-corrected chi connectivity index (χ3v) is 19.5. The number of rotatable bonds is 9. The van der Waals surface area contributed by atoms with Crippen molar-refractivity contribution in [2.24, 2.45) is 0 Å². The summed E-state index contributed by atoms with van der Waals surface area (Å²) in [4.78, 5) is 30.7. The quantitative estimate of drug-likeness (QED) is 0.132. The Bertz CT molecular complexity index is 6090. The van der Waals surface area contributed by atoms with Gasteiger partial charge in [0.05, 0.1) is 5.58 Å². The van der Waals surface area contributed by atoms with Crippen LogP contribution in [0.4, 0.5) is 0 Å². The Balaban J connectivity index is 0.000000145. The van der Waals surface area contributed by atoms with Crippen LogP contribution in [0.1, 0.15) is 22.3 Å². The zero-order chi connectivity index (χ0) is 77.9. The molecule has 0 unspecified atom stereocenters. The number of thiophene rings is 1. The number of pyridine rings is 7. The molecule has 8 nitrogen and oxygen atoms in total. The summed E-state index contributed by atoms with van der Waals surface area (Å²) in [6, 6.07) is 137. The molecule has 20 aromatic rings. The fourth-order valence-corrected chi connectivity index (χ4v) is 13.6. The van der Waals surface area contributed by atoms with E-state index in [0.717, 1.165) is 106 Å². The Hall–Kier alpha value is -11.9. The Morgan fingerprint density at radius 1 is 0.263 bits per heavy atom. The van der Waals surface area contributed by atoms with Gasteiger partial charge in [0.1, 0.15) is 5.58 Å². The molecular weight excluding hydrogens is 2180 g/mol. The average molecular weight is 2250 g/mol. The molecule has 118 heavy (non-hydrogen) atoms. The first-order chi connectivity index (χ1) is 56.2. The summed E-state index contributed by atoms with van der Waals surface area (Å²) in [5.41, 5.74) is 25.2. The van der Waals surface area contributed by atoms with Crippen molar-refractivity contribution < 1.29 is 84.8 Å². The fraction of sp³-hybridized carbons (Fsp3) is 0.0381. The molecule has 0 fully saturated rings. The van der Waals surface area contributed by atoms with E-state index >= 15 is 0 Å². The number of hydrogen-bond donors (Lipinski definition) is 0. The maximum absolute atomic E-state index is 6.00. The summed E-state index contributed by atoms with van der Waals surface area (Å²) in [6.07, 6.45) is 13.0. The largest absolute Gasteiger partial charge is 0.501 e. The van der Waals surface area contributed by atoms with Gasteiger partial charge in [-0.25, -0.2) is 0 Å². The van der Waals surface area contributed by atoms with Crippen LogP contribution in [0.15, 0.2) is 394 Å². The Morgan fingerprint density at radius 2 is 0.686 bits per heavy atom. The molecule has 13 heteroatoms. The van der Waals surface area contributed by atoms with E-state index in [9.17, 15) is 0 Å². The van der Waals surface area contributed by atoms with Gasteiger partial charge < -0.3 is 39.3 Å². The molecule has 4 radical (unpaired) electrons. The molecule has 9 aromatic heterocycles. The minimum atomic E-state index is 0. The molecule has 0 aliphatic rings. The van der Waals surface area contributed by atoms with Crippen molar-refractivity contribution in [2.45, 2.75) is 27.7 Å². The Morgan fingerprint density at radius 3 is 1.14 bits per heavy atom. The number of benzene rings is 11. The number of para-hydroxylation sites is 1. The monoisotopic (exact) mass is 2250 g/mol. The van der Waals surface area contributed by atoms with E-state index < -0.39 is 0 Å². The summed E-state index contributed by atoms with van der Waals surface area (Å²) < 4.78 is 8.60. The van der Waals surface area contributed by atoms with Crippen molar-refractivity contribution >= 4 is 53.4 Å². The van der Waals surface area contributed by atoms with Gasteiger partial charge in [0, 0.05) is 145 Å². The molecule has 0 atom stereocenters. The summed E-state index contributed by atoms with van der Waals surface area (Å²) >= 11 is 1.81. The number of aromatic nitrogens is 7. The maximum atomic E-state index is 6.00. The van der Waals surface area contributed by atoms with Crippen LogP contribution < -0.4 is 0 Å². The molecule has 11 aromatic carbocycles. The molecule has 0 bridgehead atoms. The molecule has 0 saturated heterocycles. The van der Waals surface area contributed by atoms with Crippen LogP contribution in [-0.2, 0) is 80.4 Å². The molecule has 0 spiro atoms. The standard InChI is InChI=1S/C18H12NO.2C18H14N.C17H10NS.C12H10N.2C11H8N.4Ir/c1-12-9-10-16(19-11-12)15-7-4-6-14-13-5-2-3-8-17(13)20-18(14)15;2*1-14-12-18(16-10-6-3-7-11-16)19-13-17(14)15-8-4-2-5-9-15;1-2-7-16-13(5-1)14-11-12(8-9-17(14)19-16)15-6-3-4-10-18-15;1-10-7-8-13-12(9-10)11-5-3-2-4-6-11;2*1-2-6-10(7-3-1)11-8-4-5-9-12-11;;;;/h2-6,8-11H,1H3;2*2-10,12-13H,1H3;1-7,9-11H;2-5,7-9H,1H3;2*1-6,8-9H;;;;/q7*-1;;;;. The van der Waals surface area contributed by atoms with Crippen LogP contribution in [0.25, 0.3) is 143 Å². The van der Waals surface area contributed by atoms with Gasteiger partial charge in [0.25, 0.3) is 0 Å². The van der Waals surface area contributed by atoms with Gasteiger partial charge in [-0.1, -0.05) is 186 Å². The van der Waals surface area contributed by atoms with Crippen LogP contribution in [0.5, 0.6) is 0 Å². The zero-order valence-electron chi connectivity index (χ0n) is 64.7. The third-order valence-electron chi connectivity index (χ3n) is 18.3. The molecule has 586 valence electrons. The number of aryl methyl sites for hydroxylation is 4. The van der Waals surface area contributed by atoms with E-state index in [2.05, 4.69) is 189 Å². The topological polar surface area (TPSA) is 103 Å². The van der Waals surface area contributed by atoms with Gasteiger partial charge in [-0.05, 0) is 142 Å². The van der Waals surface area contributed by atoms with Crippen LogP contribution >= 0.6 is 11.3 Å². The molecule has 0 amide bonds. The molecule has 0 saturated carbocycles. The van der Waals surface area contributed by atoms with Gasteiger partial charge in [0.15, 0.2) is 0 Å². The number of nitrogens with zero attached hydrogens (tertiary/aromatic N) is 7. The summed E-state index contributed by atoms with van der Waals surface area (Å²) in [7, 11) is 0. The summed E-state index contributed by atoms with van der Waals surface area (Å²) in [5.74, 6) is 0. The van der Waals surface area contributed by atoms with E-state index in [4.69, 9.17) is 4.42 Å². The van der Waals surface area contributed by atoms with Gasteiger partial charge >= 0.3 is 0 Å². The van der Waals surface area contributed by atoms with E-state index in [1.165, 1.54) is 59.1 Å². The van der Waals surface area contributed by atoms with Gasteiger partial charge in [-0.3, -0.25) is 0 Å². The van der Waals surface area contributed by atoms with Crippen molar-refractivity contribution in [3.05, 3.63) is 454 Å². The normalized spacial score (nSPS) is 10.1. The van der Waals surface area contributed by atoms with Crippen molar-refractivity contribution in [3.63, 3.8) is 0 Å². The van der Waals surface area contributed by atoms with Gasteiger partial charge in [-0.15, -0.1) is 221 Å². The molecule has 0 aliphatic carbocycles. The van der Waals surface area contributed by atoms with Crippen LogP contribution in [0.2, 0.25) is 0 Å². The molecule has 0 N–H and O–H groups in total. The predicted octanol–water partition coefficient (Wildman–Crippen LogP) is 26.7. The van der Waals surface area contributed by atoms with Crippen LogP contribution in [-0.4, -0.2) is 34.9 Å². The second-order valence-corrected chi connectivity index (χ2v) is 27.5. The molecule has 9 heterocycles. The van der Waals surface area contributed by atoms with Crippen molar-refractivity contribution in [1.29, 1.82) is 0 Å². The summed E-state index contributed by atoms with van der Waals surface area (Å²) in [6.45, 7) is 8.34. The van der Waals surface area contributed by atoms with E-state index in [1.54, 1.807) is 12.4 Å². The smallest absolute Gasteiger partial charge is 0.120 e. The van der Waals surface area contributed by atoms with Gasteiger partial charge in [0.2, 0.25) is 0 Å². The molecule has 20 rings (SSSR count). The van der Waals surface area contributed by atoms with Crippen LogP contribution in [0.3, 0.4) is 0 Å². The van der Waals surface area contributed by atoms with E-state index in [0.29, 0.717) is 0 Å². The Labute approximate surface area is 748 Å². The SMILES string of the molecule is Cc1cc(-c2[c-]cccc2)ncc1-c1ccccc1.Cc1cc(-c2[c-]cccc2)ncc1-c1ccccc1.Cc1ccc(-c2[c-]ccc3c2oc2ccccc23)nc1.Cc1ccnc(-c2[c-]cccc2)c1.[Ir].[Ir].[Ir].[Ir].[c-]1cc2sc3ccccc3c2cc1-c1ccccn1.[c-]1ccccc1-c1ccccn1.[c-]1ccccc1-c1ccccn1. The van der Waals surface area contributed by atoms with Crippen molar-refractivity contribution in [1.82, 2.24) is 34.9 Å².